The van der Waals surface area contributed by atoms with Crippen LogP contribution in [-0.4, -0.2) is 25.8 Å². The number of hydrogen-bond donors (Lipinski definition) is 2. The van der Waals surface area contributed by atoms with E-state index in [1.165, 1.54) is 6.20 Å². The van der Waals surface area contributed by atoms with E-state index < -0.39 is 5.91 Å². The van der Waals surface area contributed by atoms with E-state index in [0.717, 1.165) is 10.9 Å². The Morgan fingerprint density at radius 3 is 2.65 bits per heavy atom. The Hall–Kier alpha value is -3.09. The van der Waals surface area contributed by atoms with E-state index in [4.69, 9.17) is 11.5 Å². The van der Waals surface area contributed by atoms with Crippen molar-refractivity contribution < 1.29 is 4.79 Å². The molecule has 0 bridgehead atoms. The summed E-state index contributed by atoms with van der Waals surface area (Å²) in [4.78, 5) is 27.7. The normalized spacial score (nSPS) is 10.6. The van der Waals surface area contributed by atoms with Gasteiger partial charge in [-0.3, -0.25) is 4.79 Å². The van der Waals surface area contributed by atoms with Gasteiger partial charge in [0.1, 0.15) is 5.69 Å². The van der Waals surface area contributed by atoms with Crippen molar-refractivity contribution in [2.45, 2.75) is 0 Å². The number of benzene rings is 1. The van der Waals surface area contributed by atoms with E-state index in [-0.39, 0.29) is 23.0 Å². The quantitative estimate of drug-likeness (QED) is 0.706. The number of hydrogen-bond acceptors (Lipinski definition) is 6. The summed E-state index contributed by atoms with van der Waals surface area (Å²) in [5.74, 6) is -0.342. The van der Waals surface area contributed by atoms with Gasteiger partial charge >= 0.3 is 0 Å². The Morgan fingerprint density at radius 1 is 1.05 bits per heavy atom. The molecule has 2 heterocycles. The fraction of sp³-hybridized carbons (Fsp3) is 0. The Morgan fingerprint density at radius 2 is 1.85 bits per heavy atom. The van der Waals surface area contributed by atoms with Crippen LogP contribution in [0, 0.1) is 0 Å². The smallest absolute Gasteiger partial charge is 0.252 e. The van der Waals surface area contributed by atoms with Gasteiger partial charge < -0.3 is 11.5 Å². The average Bonchev–Trinajstić information content (AvgIpc) is 2.46. The molecule has 0 unspecified atom stereocenters. The van der Waals surface area contributed by atoms with Crippen LogP contribution in [0.15, 0.2) is 36.7 Å². The number of fused-ring (bicyclic) bond motifs is 1. The first-order valence-electron chi connectivity index (χ1n) is 5.79. The minimum Gasteiger partial charge on any atom is -0.368 e. The second-order valence-electron chi connectivity index (χ2n) is 4.11. The highest BCUT2D eigenvalue weighted by Crippen LogP contribution is 2.20. The van der Waals surface area contributed by atoms with Crippen molar-refractivity contribution in [3.05, 3.63) is 42.2 Å². The van der Waals surface area contributed by atoms with Crippen molar-refractivity contribution in [2.24, 2.45) is 5.73 Å². The van der Waals surface area contributed by atoms with Crippen LogP contribution < -0.4 is 11.5 Å². The molecular weight excluding hydrogens is 256 g/mol. The van der Waals surface area contributed by atoms with Crippen LogP contribution in [0.25, 0.3) is 22.4 Å². The van der Waals surface area contributed by atoms with Crippen molar-refractivity contribution >= 4 is 22.8 Å². The maximum Gasteiger partial charge on any atom is 0.252 e. The first-order valence-corrected chi connectivity index (χ1v) is 5.79. The van der Waals surface area contributed by atoms with Gasteiger partial charge in [0.2, 0.25) is 5.95 Å². The summed E-state index contributed by atoms with van der Waals surface area (Å²) in [6, 6.07) is 7.49. The predicted octanol–water partition coefficient (Wildman–Crippen LogP) is 0.768. The highest BCUT2D eigenvalue weighted by molar-refractivity contribution is 5.98. The van der Waals surface area contributed by atoms with Crippen LogP contribution in [0.4, 0.5) is 5.95 Å². The predicted molar refractivity (Wildman–Crippen MR) is 73.5 cm³/mol. The molecule has 0 saturated heterocycles. The average molecular weight is 266 g/mol. The molecule has 0 aliphatic carbocycles. The molecule has 0 saturated carbocycles. The minimum absolute atomic E-state index is 0.0294. The zero-order valence-electron chi connectivity index (χ0n) is 10.3. The van der Waals surface area contributed by atoms with Gasteiger partial charge in [0, 0.05) is 17.8 Å². The van der Waals surface area contributed by atoms with Crippen LogP contribution in [0.3, 0.4) is 0 Å². The summed E-state index contributed by atoms with van der Waals surface area (Å²) in [7, 11) is 0. The monoisotopic (exact) mass is 266 g/mol. The van der Waals surface area contributed by atoms with Gasteiger partial charge in [0.15, 0.2) is 5.82 Å². The Balaban J connectivity index is 2.24. The standard InChI is InChI=1S/C13H10N6O/c14-11(20)8-6-17-13(15)19-10(8)12-16-5-7-3-1-2-4-9(7)18-12/h1-6H,(H2,14,20)(H2,15,17,19). The summed E-state index contributed by atoms with van der Waals surface area (Å²) >= 11 is 0. The minimum atomic E-state index is -0.656. The number of primary amides is 1. The largest absolute Gasteiger partial charge is 0.368 e. The van der Waals surface area contributed by atoms with Crippen molar-refractivity contribution in [2.75, 3.05) is 5.73 Å². The first kappa shape index (κ1) is 12.0. The molecule has 3 rings (SSSR count). The Kier molecular flexibility index (Phi) is 2.72. The molecule has 2 aromatic heterocycles. The van der Waals surface area contributed by atoms with Gasteiger partial charge in [-0.25, -0.2) is 19.9 Å². The van der Waals surface area contributed by atoms with Gasteiger partial charge in [-0.1, -0.05) is 18.2 Å². The Bertz CT molecular complexity index is 817. The van der Waals surface area contributed by atoms with Gasteiger partial charge in [0.05, 0.1) is 11.1 Å². The summed E-state index contributed by atoms with van der Waals surface area (Å²) in [6.45, 7) is 0. The van der Waals surface area contributed by atoms with Gasteiger partial charge in [-0.15, -0.1) is 0 Å². The molecule has 98 valence electrons. The second kappa shape index (κ2) is 4.54. The van der Waals surface area contributed by atoms with Gasteiger partial charge in [-0.05, 0) is 6.07 Å². The van der Waals surface area contributed by atoms with E-state index in [1.807, 2.05) is 24.3 Å². The molecule has 20 heavy (non-hydrogen) atoms. The molecule has 3 aromatic rings. The molecule has 0 atom stereocenters. The second-order valence-corrected chi connectivity index (χ2v) is 4.11. The zero-order chi connectivity index (χ0) is 14.1. The molecule has 0 spiro atoms. The van der Waals surface area contributed by atoms with Crippen LogP contribution in [0.1, 0.15) is 10.4 Å². The Labute approximate surface area is 113 Å². The van der Waals surface area contributed by atoms with Crippen molar-refractivity contribution in [1.82, 2.24) is 19.9 Å². The molecule has 7 heteroatoms. The number of anilines is 1. The van der Waals surface area contributed by atoms with E-state index in [0.29, 0.717) is 0 Å². The number of carbonyl (C=O) groups excluding carboxylic acids is 1. The van der Waals surface area contributed by atoms with Crippen molar-refractivity contribution in [3.63, 3.8) is 0 Å². The molecule has 7 nitrogen and oxygen atoms in total. The number of amides is 1. The molecule has 0 aliphatic rings. The number of nitrogens with zero attached hydrogens (tertiary/aromatic N) is 4. The summed E-state index contributed by atoms with van der Waals surface area (Å²) in [5, 5.41) is 0.888. The molecule has 4 N–H and O–H groups in total. The number of rotatable bonds is 2. The van der Waals surface area contributed by atoms with E-state index >= 15 is 0 Å². The third kappa shape index (κ3) is 2.01. The van der Waals surface area contributed by atoms with Crippen LogP contribution >= 0.6 is 0 Å². The van der Waals surface area contributed by atoms with E-state index in [2.05, 4.69) is 19.9 Å². The third-order valence-corrected chi connectivity index (χ3v) is 2.77. The van der Waals surface area contributed by atoms with Crippen molar-refractivity contribution in [1.29, 1.82) is 0 Å². The van der Waals surface area contributed by atoms with Crippen LogP contribution in [0.5, 0.6) is 0 Å². The number of aromatic nitrogens is 4. The number of nitrogens with two attached hydrogens (primary N) is 2. The molecule has 0 aliphatic heterocycles. The SMILES string of the molecule is NC(=O)c1cnc(N)nc1-c1ncc2ccccc2n1. The number of nitrogen functional groups attached to an aromatic ring is 1. The molecule has 0 fully saturated rings. The van der Waals surface area contributed by atoms with Crippen LogP contribution in [-0.2, 0) is 0 Å². The first-order chi connectivity index (χ1) is 9.65. The topological polar surface area (TPSA) is 121 Å². The summed E-state index contributed by atoms with van der Waals surface area (Å²) in [6.07, 6.45) is 2.93. The number of carbonyl (C=O) groups is 1. The van der Waals surface area contributed by atoms with Gasteiger partial charge in [0.25, 0.3) is 5.91 Å². The fourth-order valence-electron chi connectivity index (χ4n) is 1.83. The highest BCUT2D eigenvalue weighted by atomic mass is 16.1. The summed E-state index contributed by atoms with van der Waals surface area (Å²) < 4.78 is 0. The maximum absolute atomic E-state index is 11.4. The lowest BCUT2D eigenvalue weighted by Crippen LogP contribution is -2.15. The van der Waals surface area contributed by atoms with E-state index in [9.17, 15) is 4.79 Å². The molecule has 0 radical (unpaired) electrons. The molecular formula is C13H10N6O. The maximum atomic E-state index is 11.4. The lowest BCUT2D eigenvalue weighted by Gasteiger charge is -2.05. The van der Waals surface area contributed by atoms with Gasteiger partial charge in [-0.2, -0.15) is 0 Å². The fourth-order valence-corrected chi connectivity index (χ4v) is 1.83. The summed E-state index contributed by atoms with van der Waals surface area (Å²) in [5.41, 5.74) is 12.0. The lowest BCUT2D eigenvalue weighted by atomic mass is 10.2. The lowest BCUT2D eigenvalue weighted by molar-refractivity contribution is 0.100. The number of para-hydroxylation sites is 1. The van der Waals surface area contributed by atoms with Crippen molar-refractivity contribution in [3.8, 4) is 11.5 Å². The molecule has 1 amide bonds. The third-order valence-electron chi connectivity index (χ3n) is 2.77. The van der Waals surface area contributed by atoms with Crippen LogP contribution in [0.2, 0.25) is 0 Å². The molecule has 1 aromatic carbocycles. The zero-order valence-corrected chi connectivity index (χ0v) is 10.3. The highest BCUT2D eigenvalue weighted by Gasteiger charge is 2.15. The van der Waals surface area contributed by atoms with E-state index in [1.54, 1.807) is 6.20 Å².